The third kappa shape index (κ3) is 2.82. The lowest BCUT2D eigenvalue weighted by Crippen LogP contribution is -2.04. The van der Waals surface area contributed by atoms with Gasteiger partial charge in [-0.2, -0.15) is 0 Å². The van der Waals surface area contributed by atoms with E-state index in [2.05, 4.69) is 32.9 Å². The van der Waals surface area contributed by atoms with Gasteiger partial charge in [0.1, 0.15) is 0 Å². The van der Waals surface area contributed by atoms with E-state index in [1.807, 2.05) is 24.3 Å². The number of nitrogens with zero attached hydrogens (tertiary/aromatic N) is 3. The van der Waals surface area contributed by atoms with Crippen LogP contribution in [0.25, 0.3) is 5.69 Å². The van der Waals surface area contributed by atoms with E-state index in [9.17, 15) is 4.79 Å². The molecule has 0 N–H and O–H groups in total. The summed E-state index contributed by atoms with van der Waals surface area (Å²) in [5.74, 6) is -0.454. The number of esters is 1. The van der Waals surface area contributed by atoms with Gasteiger partial charge in [0.2, 0.25) is 0 Å². The molecule has 0 bridgehead atoms. The van der Waals surface area contributed by atoms with Gasteiger partial charge in [0, 0.05) is 3.57 Å². The molecule has 2 aromatic rings. The van der Waals surface area contributed by atoms with E-state index in [1.54, 1.807) is 17.8 Å². The van der Waals surface area contributed by atoms with Gasteiger partial charge < -0.3 is 4.74 Å². The van der Waals surface area contributed by atoms with Crippen LogP contribution in [0.1, 0.15) is 17.4 Å². The molecule has 88 valence electrons. The third-order valence-corrected chi connectivity index (χ3v) is 2.79. The first-order valence-corrected chi connectivity index (χ1v) is 6.14. The van der Waals surface area contributed by atoms with Crippen LogP contribution >= 0.6 is 22.6 Å². The van der Waals surface area contributed by atoms with Crippen molar-refractivity contribution in [1.29, 1.82) is 0 Å². The van der Waals surface area contributed by atoms with Gasteiger partial charge in [0.15, 0.2) is 5.69 Å². The average molecular weight is 343 g/mol. The summed E-state index contributed by atoms with van der Waals surface area (Å²) in [5.41, 5.74) is 1.07. The first-order chi connectivity index (χ1) is 8.20. The summed E-state index contributed by atoms with van der Waals surface area (Å²) in [5, 5.41) is 7.65. The fraction of sp³-hybridized carbons (Fsp3) is 0.182. The van der Waals surface area contributed by atoms with Crippen molar-refractivity contribution < 1.29 is 9.53 Å². The van der Waals surface area contributed by atoms with Crippen LogP contribution in [0.5, 0.6) is 0 Å². The van der Waals surface area contributed by atoms with Crippen molar-refractivity contribution in [2.24, 2.45) is 0 Å². The summed E-state index contributed by atoms with van der Waals surface area (Å²) in [4.78, 5) is 11.4. The summed E-state index contributed by atoms with van der Waals surface area (Å²) >= 11 is 2.22. The lowest BCUT2D eigenvalue weighted by Gasteiger charge is -1.99. The van der Waals surface area contributed by atoms with Gasteiger partial charge in [-0.3, -0.25) is 0 Å². The average Bonchev–Trinajstić information content (AvgIpc) is 2.80. The second kappa shape index (κ2) is 5.26. The number of ether oxygens (including phenoxy) is 1. The molecular formula is C11H10IN3O2. The van der Waals surface area contributed by atoms with Gasteiger partial charge in [0.25, 0.3) is 0 Å². The van der Waals surface area contributed by atoms with Crippen LogP contribution in [0.15, 0.2) is 30.5 Å². The molecule has 0 spiro atoms. The standard InChI is InChI=1S/C11H10IN3O2/c1-2-17-11(16)10-7-15(14-13-10)9-5-3-8(12)4-6-9/h3-7H,2H2,1H3. The molecule has 0 saturated heterocycles. The minimum atomic E-state index is -0.454. The van der Waals surface area contributed by atoms with E-state index in [1.165, 1.54) is 0 Å². The first kappa shape index (κ1) is 12.0. The first-order valence-electron chi connectivity index (χ1n) is 5.06. The van der Waals surface area contributed by atoms with E-state index in [-0.39, 0.29) is 5.69 Å². The van der Waals surface area contributed by atoms with Crippen LogP contribution in [0.4, 0.5) is 0 Å². The smallest absolute Gasteiger partial charge is 0.360 e. The Morgan fingerprint density at radius 3 is 2.76 bits per heavy atom. The molecule has 1 aromatic heterocycles. The minimum absolute atomic E-state index is 0.213. The van der Waals surface area contributed by atoms with Crippen molar-refractivity contribution >= 4 is 28.6 Å². The zero-order valence-electron chi connectivity index (χ0n) is 9.13. The Hall–Kier alpha value is -1.44. The lowest BCUT2D eigenvalue weighted by molar-refractivity contribution is 0.0519. The molecule has 1 aromatic carbocycles. The quantitative estimate of drug-likeness (QED) is 0.632. The van der Waals surface area contributed by atoms with Crippen molar-refractivity contribution in [1.82, 2.24) is 15.0 Å². The lowest BCUT2D eigenvalue weighted by atomic mass is 10.3. The molecule has 5 nitrogen and oxygen atoms in total. The molecule has 0 aliphatic rings. The maximum atomic E-state index is 11.4. The van der Waals surface area contributed by atoms with Crippen molar-refractivity contribution in [3.8, 4) is 5.69 Å². The molecule has 0 atom stereocenters. The summed E-state index contributed by atoms with van der Waals surface area (Å²) in [6.07, 6.45) is 1.56. The second-order valence-electron chi connectivity index (χ2n) is 3.25. The number of halogens is 1. The Morgan fingerprint density at radius 2 is 2.12 bits per heavy atom. The van der Waals surface area contributed by atoms with Crippen LogP contribution in [-0.4, -0.2) is 27.6 Å². The molecule has 0 saturated carbocycles. The van der Waals surface area contributed by atoms with Gasteiger partial charge in [-0.25, -0.2) is 9.48 Å². The highest BCUT2D eigenvalue weighted by molar-refractivity contribution is 14.1. The van der Waals surface area contributed by atoms with Crippen LogP contribution in [0.3, 0.4) is 0 Å². The van der Waals surface area contributed by atoms with Gasteiger partial charge >= 0.3 is 5.97 Å². The molecule has 17 heavy (non-hydrogen) atoms. The van der Waals surface area contributed by atoms with E-state index in [0.717, 1.165) is 9.26 Å². The van der Waals surface area contributed by atoms with E-state index < -0.39 is 5.97 Å². The Balaban J connectivity index is 2.23. The van der Waals surface area contributed by atoms with Crippen molar-refractivity contribution in [2.75, 3.05) is 6.61 Å². The predicted molar refractivity (Wildman–Crippen MR) is 70.0 cm³/mol. The normalized spacial score (nSPS) is 10.2. The highest BCUT2D eigenvalue weighted by Gasteiger charge is 2.11. The van der Waals surface area contributed by atoms with Crippen molar-refractivity contribution in [2.45, 2.75) is 6.92 Å². The number of benzene rings is 1. The molecule has 0 amide bonds. The number of hydrogen-bond donors (Lipinski definition) is 0. The topological polar surface area (TPSA) is 57.0 Å². The Bertz CT molecular complexity index is 522. The largest absolute Gasteiger partial charge is 0.461 e. The van der Waals surface area contributed by atoms with Gasteiger partial charge in [-0.1, -0.05) is 5.21 Å². The zero-order chi connectivity index (χ0) is 12.3. The highest BCUT2D eigenvalue weighted by Crippen LogP contribution is 2.10. The minimum Gasteiger partial charge on any atom is -0.461 e. The number of carbonyl (C=O) groups is 1. The van der Waals surface area contributed by atoms with E-state index >= 15 is 0 Å². The van der Waals surface area contributed by atoms with E-state index in [0.29, 0.717) is 6.61 Å². The van der Waals surface area contributed by atoms with Crippen molar-refractivity contribution in [3.63, 3.8) is 0 Å². The van der Waals surface area contributed by atoms with Crippen LogP contribution < -0.4 is 0 Å². The number of aromatic nitrogens is 3. The van der Waals surface area contributed by atoms with Crippen LogP contribution in [-0.2, 0) is 4.74 Å². The molecule has 0 aliphatic carbocycles. The summed E-state index contributed by atoms with van der Waals surface area (Å²) in [6.45, 7) is 2.08. The summed E-state index contributed by atoms with van der Waals surface area (Å²) < 4.78 is 7.52. The molecule has 0 aliphatic heterocycles. The molecular weight excluding hydrogens is 333 g/mol. The van der Waals surface area contributed by atoms with Crippen LogP contribution in [0.2, 0.25) is 0 Å². The SMILES string of the molecule is CCOC(=O)c1cn(-c2ccc(I)cc2)nn1. The summed E-state index contributed by atoms with van der Waals surface area (Å²) in [7, 11) is 0. The maximum Gasteiger partial charge on any atom is 0.360 e. The van der Waals surface area contributed by atoms with Gasteiger partial charge in [0.05, 0.1) is 18.5 Å². The number of carbonyl (C=O) groups excluding carboxylic acids is 1. The maximum absolute atomic E-state index is 11.4. The Kier molecular flexibility index (Phi) is 3.72. The monoisotopic (exact) mass is 343 g/mol. The molecule has 6 heteroatoms. The van der Waals surface area contributed by atoms with Crippen LogP contribution in [0, 0.1) is 3.57 Å². The fourth-order valence-electron chi connectivity index (χ4n) is 1.28. The molecule has 2 rings (SSSR count). The number of hydrogen-bond acceptors (Lipinski definition) is 4. The number of rotatable bonds is 3. The van der Waals surface area contributed by atoms with Gasteiger partial charge in [-0.15, -0.1) is 5.10 Å². The third-order valence-electron chi connectivity index (χ3n) is 2.07. The van der Waals surface area contributed by atoms with Gasteiger partial charge in [-0.05, 0) is 53.8 Å². The molecule has 1 heterocycles. The van der Waals surface area contributed by atoms with Crippen molar-refractivity contribution in [3.05, 3.63) is 39.7 Å². The molecule has 0 radical (unpaired) electrons. The Labute approximate surface area is 112 Å². The second-order valence-corrected chi connectivity index (χ2v) is 4.49. The molecule has 0 unspecified atom stereocenters. The zero-order valence-corrected chi connectivity index (χ0v) is 11.3. The highest BCUT2D eigenvalue weighted by atomic mass is 127. The molecule has 0 fully saturated rings. The van der Waals surface area contributed by atoms with E-state index in [4.69, 9.17) is 4.74 Å². The Morgan fingerprint density at radius 1 is 1.41 bits per heavy atom. The fourth-order valence-corrected chi connectivity index (χ4v) is 1.64. The summed E-state index contributed by atoms with van der Waals surface area (Å²) in [6, 6.07) is 7.74. The predicted octanol–water partition coefficient (Wildman–Crippen LogP) is 2.05.